The van der Waals surface area contributed by atoms with Gasteiger partial charge in [-0.1, -0.05) is 35.9 Å². The fourth-order valence-electron chi connectivity index (χ4n) is 4.32. The topological polar surface area (TPSA) is 118 Å². The Morgan fingerprint density at radius 3 is 2.33 bits per heavy atom. The van der Waals surface area contributed by atoms with E-state index in [1.54, 1.807) is 37.4 Å². The summed E-state index contributed by atoms with van der Waals surface area (Å²) < 4.78 is 17.8. The smallest absolute Gasteiger partial charge is 0.332 e. The van der Waals surface area contributed by atoms with Gasteiger partial charge in [-0.2, -0.15) is 0 Å². The number of nitrogens with zero attached hydrogens (tertiary/aromatic N) is 2. The molecule has 0 saturated carbocycles. The fraction of sp³-hybridized carbons (Fsp3) is 0.241. The average molecular weight is 566 g/mol. The van der Waals surface area contributed by atoms with Crippen LogP contribution in [-0.2, 0) is 29.1 Å². The van der Waals surface area contributed by atoms with E-state index in [1.165, 1.54) is 30.9 Å². The Balaban J connectivity index is 1.61. The van der Waals surface area contributed by atoms with E-state index in [-0.39, 0.29) is 33.8 Å². The molecule has 0 fully saturated rings. The van der Waals surface area contributed by atoms with Crippen LogP contribution in [0.1, 0.15) is 12.0 Å². The lowest BCUT2D eigenvalue weighted by atomic mass is 10.1. The number of carbonyl (C=O) groups excluding carboxylic acids is 2. The Morgan fingerprint density at radius 2 is 1.60 bits per heavy atom. The summed E-state index contributed by atoms with van der Waals surface area (Å²) in [6, 6.07) is 16.8. The van der Waals surface area contributed by atoms with Crippen molar-refractivity contribution in [1.82, 2.24) is 9.13 Å². The number of ether oxygens (including phenoxy) is 3. The highest BCUT2D eigenvalue weighted by Gasteiger charge is 2.19. The van der Waals surface area contributed by atoms with Crippen LogP contribution in [0.15, 0.2) is 70.3 Å². The molecule has 40 heavy (non-hydrogen) atoms. The van der Waals surface area contributed by atoms with Crippen molar-refractivity contribution >= 4 is 39.9 Å². The molecular weight excluding hydrogens is 538 g/mol. The summed E-state index contributed by atoms with van der Waals surface area (Å²) in [6.07, 6.45) is 0.533. The number of para-hydroxylation sites is 1. The second kappa shape index (κ2) is 12.5. The molecule has 3 aromatic carbocycles. The van der Waals surface area contributed by atoms with Gasteiger partial charge in [0.1, 0.15) is 23.8 Å². The Hall–Kier alpha value is -4.57. The molecule has 0 aliphatic heterocycles. The van der Waals surface area contributed by atoms with Gasteiger partial charge in [0.2, 0.25) is 5.91 Å². The molecule has 0 unspecified atom stereocenters. The van der Waals surface area contributed by atoms with Gasteiger partial charge < -0.3 is 19.5 Å². The number of amides is 1. The number of hydrogen-bond donors (Lipinski definition) is 1. The van der Waals surface area contributed by atoms with E-state index in [0.29, 0.717) is 23.7 Å². The van der Waals surface area contributed by atoms with Gasteiger partial charge in [-0.3, -0.25) is 23.5 Å². The summed E-state index contributed by atoms with van der Waals surface area (Å²) in [6.45, 7) is -0.847. The summed E-state index contributed by atoms with van der Waals surface area (Å²) in [5, 5.41) is 3.15. The lowest BCUT2D eigenvalue weighted by molar-refractivity contribution is -0.119. The summed E-state index contributed by atoms with van der Waals surface area (Å²) in [7, 11) is 4.44. The molecule has 10 nitrogen and oxygen atoms in total. The SMILES string of the molecule is COc1cccc(CCC(=O)Cn2c(=O)c3ccccc3n(CC(=O)Nc3cc(Cl)c(OC)cc3OC)c2=O)c1. The predicted octanol–water partition coefficient (Wildman–Crippen LogP) is 3.68. The van der Waals surface area contributed by atoms with Crippen LogP contribution in [0.4, 0.5) is 5.69 Å². The second-order valence-electron chi connectivity index (χ2n) is 8.90. The van der Waals surface area contributed by atoms with Gasteiger partial charge in [0, 0.05) is 12.5 Å². The molecule has 0 atom stereocenters. The zero-order chi connectivity index (χ0) is 28.8. The fourth-order valence-corrected chi connectivity index (χ4v) is 4.56. The molecule has 4 rings (SSSR count). The first-order valence-electron chi connectivity index (χ1n) is 12.3. The second-order valence-corrected chi connectivity index (χ2v) is 9.31. The molecule has 208 valence electrons. The first kappa shape index (κ1) is 28.4. The van der Waals surface area contributed by atoms with Crippen molar-refractivity contribution in [3.8, 4) is 17.2 Å². The highest BCUT2D eigenvalue weighted by Crippen LogP contribution is 2.35. The van der Waals surface area contributed by atoms with Crippen molar-refractivity contribution in [3.63, 3.8) is 0 Å². The number of hydrogen-bond acceptors (Lipinski definition) is 7. The lowest BCUT2D eigenvalue weighted by Gasteiger charge is -2.16. The van der Waals surface area contributed by atoms with E-state index in [0.717, 1.165) is 10.1 Å². The third kappa shape index (κ3) is 6.18. The number of ketones is 1. The quantitative estimate of drug-likeness (QED) is 0.295. The predicted molar refractivity (Wildman–Crippen MR) is 152 cm³/mol. The highest BCUT2D eigenvalue weighted by atomic mass is 35.5. The molecule has 1 N–H and O–H groups in total. The number of aryl methyl sites for hydroxylation is 1. The maximum atomic E-state index is 13.5. The van der Waals surface area contributed by atoms with Crippen LogP contribution >= 0.6 is 11.6 Å². The third-order valence-corrected chi connectivity index (χ3v) is 6.64. The molecule has 1 aromatic heterocycles. The van der Waals surface area contributed by atoms with Crippen LogP contribution in [0.5, 0.6) is 17.2 Å². The summed E-state index contributed by atoms with van der Waals surface area (Å²) >= 11 is 6.21. The van der Waals surface area contributed by atoms with E-state index >= 15 is 0 Å². The maximum absolute atomic E-state index is 13.5. The first-order valence-corrected chi connectivity index (χ1v) is 12.7. The maximum Gasteiger partial charge on any atom is 0.332 e. The number of Topliss-reactive ketones (excluding diaryl/α,β-unsaturated/α-hetero) is 1. The van der Waals surface area contributed by atoms with Crippen LogP contribution < -0.4 is 30.8 Å². The Labute approximate surface area is 234 Å². The average Bonchev–Trinajstić information content (AvgIpc) is 2.96. The van der Waals surface area contributed by atoms with E-state index < -0.39 is 30.2 Å². The molecule has 4 aromatic rings. The molecule has 0 radical (unpaired) electrons. The molecule has 0 aliphatic carbocycles. The van der Waals surface area contributed by atoms with Crippen LogP contribution in [0.3, 0.4) is 0 Å². The zero-order valence-electron chi connectivity index (χ0n) is 22.2. The lowest BCUT2D eigenvalue weighted by Crippen LogP contribution is -2.43. The molecule has 0 saturated heterocycles. The van der Waals surface area contributed by atoms with Gasteiger partial charge in [-0.15, -0.1) is 0 Å². The van der Waals surface area contributed by atoms with Crippen LogP contribution in [0.2, 0.25) is 5.02 Å². The summed E-state index contributed by atoms with van der Waals surface area (Å²) in [5.41, 5.74) is 0.0646. The van der Waals surface area contributed by atoms with Gasteiger partial charge in [-0.05, 0) is 42.3 Å². The molecule has 0 aliphatic rings. The van der Waals surface area contributed by atoms with Crippen molar-refractivity contribution in [1.29, 1.82) is 0 Å². The number of anilines is 1. The van der Waals surface area contributed by atoms with E-state index in [1.807, 2.05) is 18.2 Å². The number of rotatable bonds is 11. The van der Waals surface area contributed by atoms with Gasteiger partial charge in [0.15, 0.2) is 5.78 Å². The van der Waals surface area contributed by atoms with Gasteiger partial charge in [-0.25, -0.2) is 4.79 Å². The van der Waals surface area contributed by atoms with Crippen molar-refractivity contribution < 1.29 is 23.8 Å². The molecule has 1 heterocycles. The molecule has 0 spiro atoms. The molecule has 11 heteroatoms. The number of fused-ring (bicyclic) bond motifs is 1. The van der Waals surface area contributed by atoms with Crippen LogP contribution in [0, 0.1) is 0 Å². The Morgan fingerprint density at radius 1 is 0.850 bits per heavy atom. The summed E-state index contributed by atoms with van der Waals surface area (Å²) in [4.78, 5) is 52.6. The first-order chi connectivity index (χ1) is 19.2. The number of carbonyl (C=O) groups is 2. The minimum absolute atomic E-state index is 0.115. The Kier molecular flexibility index (Phi) is 8.90. The highest BCUT2D eigenvalue weighted by molar-refractivity contribution is 6.32. The van der Waals surface area contributed by atoms with Crippen LogP contribution in [-0.4, -0.2) is 42.2 Å². The third-order valence-electron chi connectivity index (χ3n) is 6.34. The minimum Gasteiger partial charge on any atom is -0.497 e. The minimum atomic E-state index is -0.770. The van der Waals surface area contributed by atoms with Gasteiger partial charge in [0.05, 0.1) is 49.5 Å². The summed E-state index contributed by atoms with van der Waals surface area (Å²) in [5.74, 6) is 0.471. The van der Waals surface area contributed by atoms with Crippen molar-refractivity contribution in [2.24, 2.45) is 0 Å². The van der Waals surface area contributed by atoms with Crippen LogP contribution in [0.25, 0.3) is 10.9 Å². The molecule has 1 amide bonds. The van der Waals surface area contributed by atoms with E-state index in [2.05, 4.69) is 5.32 Å². The number of methoxy groups -OCH3 is 3. The number of aromatic nitrogens is 2. The zero-order valence-corrected chi connectivity index (χ0v) is 23.0. The number of halogens is 1. The monoisotopic (exact) mass is 565 g/mol. The van der Waals surface area contributed by atoms with Crippen molar-refractivity contribution in [3.05, 3.63) is 92.1 Å². The van der Waals surface area contributed by atoms with Crippen molar-refractivity contribution in [2.45, 2.75) is 25.9 Å². The largest absolute Gasteiger partial charge is 0.497 e. The molecule has 0 bridgehead atoms. The normalized spacial score (nSPS) is 10.8. The van der Waals surface area contributed by atoms with E-state index in [4.69, 9.17) is 25.8 Å². The molecular formula is C29H28ClN3O7. The number of nitrogens with one attached hydrogen (secondary N) is 1. The van der Waals surface area contributed by atoms with Crippen molar-refractivity contribution in [2.75, 3.05) is 26.6 Å². The standard InChI is InChI=1S/C29H28ClN3O7/c1-38-20-8-6-7-18(13-20)11-12-19(34)16-33-28(36)21-9-4-5-10-24(21)32(29(33)37)17-27(35)31-23-14-22(30)25(39-2)15-26(23)40-3/h4-10,13-15H,11-12,16-17H2,1-3H3,(H,31,35). The van der Waals surface area contributed by atoms with E-state index in [9.17, 15) is 19.2 Å². The van der Waals surface area contributed by atoms with Gasteiger partial charge >= 0.3 is 5.69 Å². The van der Waals surface area contributed by atoms with Gasteiger partial charge in [0.25, 0.3) is 5.56 Å². The Bertz CT molecular complexity index is 1690. The number of benzene rings is 3.